The minimum Gasteiger partial charge on any atom is -0.326 e. The van der Waals surface area contributed by atoms with E-state index in [1.807, 2.05) is 0 Å². The number of hydrogen-bond acceptors (Lipinski definition) is 5. The van der Waals surface area contributed by atoms with Crippen LogP contribution in [0.4, 0.5) is 5.69 Å². The molecule has 0 saturated carbocycles. The highest BCUT2D eigenvalue weighted by Gasteiger charge is 2.30. The molecule has 0 amide bonds. The topological polar surface area (TPSA) is 67.6 Å². The Kier molecular flexibility index (Phi) is 4.84. The number of thiophene rings is 1. The van der Waals surface area contributed by atoms with Crippen molar-refractivity contribution in [3.8, 4) is 0 Å². The van der Waals surface area contributed by atoms with Gasteiger partial charge in [0.15, 0.2) is 0 Å². The first-order chi connectivity index (χ1) is 12.8. The Morgan fingerprint density at radius 2 is 1.58 bits per heavy atom. The molecule has 2 aromatic carbocycles. The monoisotopic (exact) mass is 362 g/mol. The Morgan fingerprint density at radius 3 is 2.15 bits per heavy atom. The van der Waals surface area contributed by atoms with Gasteiger partial charge in [-0.25, -0.2) is 0 Å². The van der Waals surface area contributed by atoms with Crippen molar-refractivity contribution < 1.29 is 0 Å². The van der Waals surface area contributed by atoms with Crippen molar-refractivity contribution in [2.45, 2.75) is 25.6 Å². The number of rotatable bonds is 5. The van der Waals surface area contributed by atoms with Crippen molar-refractivity contribution in [3.05, 3.63) is 87.6 Å². The lowest BCUT2D eigenvalue weighted by Crippen LogP contribution is -2.17. The van der Waals surface area contributed by atoms with Gasteiger partial charge in [-0.15, -0.1) is 11.3 Å². The molecule has 1 atom stereocenters. The van der Waals surface area contributed by atoms with E-state index >= 15 is 0 Å². The summed E-state index contributed by atoms with van der Waals surface area (Å²) in [6, 6.07) is 21.3. The van der Waals surface area contributed by atoms with Crippen molar-refractivity contribution in [2.24, 2.45) is 16.6 Å². The van der Waals surface area contributed by atoms with Crippen LogP contribution in [0.3, 0.4) is 0 Å². The Labute approximate surface area is 157 Å². The number of hydrazone groups is 1. The van der Waals surface area contributed by atoms with Gasteiger partial charge in [-0.05, 0) is 40.3 Å². The third kappa shape index (κ3) is 3.29. The van der Waals surface area contributed by atoms with Crippen LogP contribution in [-0.2, 0) is 13.1 Å². The maximum atomic E-state index is 5.73. The van der Waals surface area contributed by atoms with Crippen molar-refractivity contribution in [1.29, 1.82) is 0 Å². The highest BCUT2D eigenvalue weighted by molar-refractivity contribution is 7.10. The Hall–Kier alpha value is -2.47. The fourth-order valence-corrected chi connectivity index (χ4v) is 4.06. The molecule has 132 valence electrons. The summed E-state index contributed by atoms with van der Waals surface area (Å²) in [4.78, 5) is 1.32. The Bertz CT molecular complexity index is 883. The van der Waals surface area contributed by atoms with Crippen LogP contribution in [0, 0.1) is 0 Å². The van der Waals surface area contributed by atoms with E-state index in [4.69, 9.17) is 16.6 Å². The second-order valence-corrected chi connectivity index (χ2v) is 7.38. The first-order valence-electron chi connectivity index (χ1n) is 8.77. The van der Waals surface area contributed by atoms with Crippen molar-refractivity contribution in [1.82, 2.24) is 0 Å². The van der Waals surface area contributed by atoms with Crippen LogP contribution in [0.25, 0.3) is 0 Å². The summed E-state index contributed by atoms with van der Waals surface area (Å²) >= 11 is 1.78. The van der Waals surface area contributed by atoms with Crippen LogP contribution in [0.15, 0.2) is 71.1 Å². The standard InChI is InChI=1S/C21H22N4S/c22-13-15-3-7-17(8-4-15)19-12-20(21-2-1-11-26-21)25(24-19)18-9-5-16(14-23)6-10-18/h1-11,20H,12-14,22-23H2. The number of anilines is 1. The lowest BCUT2D eigenvalue weighted by atomic mass is 10.0. The SMILES string of the molecule is NCc1ccc(C2=NN(c3ccc(CN)cc3)C(c3cccs3)C2)cc1. The molecular weight excluding hydrogens is 340 g/mol. The molecule has 4 rings (SSSR count). The summed E-state index contributed by atoms with van der Waals surface area (Å²) in [6.45, 7) is 1.11. The molecule has 26 heavy (non-hydrogen) atoms. The predicted molar refractivity (Wildman–Crippen MR) is 109 cm³/mol. The van der Waals surface area contributed by atoms with E-state index in [-0.39, 0.29) is 6.04 Å². The summed E-state index contributed by atoms with van der Waals surface area (Å²) in [5.74, 6) is 0. The summed E-state index contributed by atoms with van der Waals surface area (Å²) in [5, 5.41) is 9.23. The maximum Gasteiger partial charge on any atom is 0.0923 e. The molecule has 0 bridgehead atoms. The zero-order chi connectivity index (χ0) is 17.9. The van der Waals surface area contributed by atoms with Gasteiger partial charge in [0, 0.05) is 24.4 Å². The molecule has 0 radical (unpaired) electrons. The zero-order valence-corrected chi connectivity index (χ0v) is 15.3. The molecule has 1 aliphatic rings. The normalized spacial score (nSPS) is 16.8. The lowest BCUT2D eigenvalue weighted by Gasteiger charge is -2.22. The van der Waals surface area contributed by atoms with Crippen molar-refractivity contribution in [3.63, 3.8) is 0 Å². The second kappa shape index (κ2) is 7.41. The molecule has 4 N–H and O–H groups in total. The largest absolute Gasteiger partial charge is 0.326 e. The smallest absolute Gasteiger partial charge is 0.0923 e. The first-order valence-corrected chi connectivity index (χ1v) is 9.65. The molecule has 0 saturated heterocycles. The van der Waals surface area contributed by atoms with Crippen molar-refractivity contribution >= 4 is 22.7 Å². The van der Waals surface area contributed by atoms with Crippen molar-refractivity contribution in [2.75, 3.05) is 5.01 Å². The number of nitrogens with zero attached hydrogens (tertiary/aromatic N) is 2. The minimum absolute atomic E-state index is 0.225. The van der Waals surface area contributed by atoms with Crippen LogP contribution >= 0.6 is 11.3 Å². The van der Waals surface area contributed by atoms with Gasteiger partial charge in [0.05, 0.1) is 17.4 Å². The molecular formula is C21H22N4S. The number of hydrogen-bond donors (Lipinski definition) is 2. The summed E-state index contributed by atoms with van der Waals surface area (Å²) in [5.41, 5.74) is 17.1. The van der Waals surface area contributed by atoms with Crippen LogP contribution < -0.4 is 16.5 Å². The molecule has 2 heterocycles. The van der Waals surface area contributed by atoms with E-state index < -0.39 is 0 Å². The van der Waals surface area contributed by atoms with Gasteiger partial charge in [-0.3, -0.25) is 5.01 Å². The molecule has 5 heteroatoms. The lowest BCUT2D eigenvalue weighted by molar-refractivity contribution is 0.722. The Balaban J connectivity index is 1.69. The van der Waals surface area contributed by atoms with Crippen LogP contribution in [0.2, 0.25) is 0 Å². The molecule has 0 aliphatic carbocycles. The van der Waals surface area contributed by atoms with E-state index in [0.29, 0.717) is 13.1 Å². The van der Waals surface area contributed by atoms with E-state index in [2.05, 4.69) is 71.1 Å². The summed E-state index contributed by atoms with van der Waals surface area (Å²) < 4.78 is 0. The fraction of sp³-hybridized carbons (Fsp3) is 0.190. The van der Waals surface area contributed by atoms with Crippen LogP contribution in [-0.4, -0.2) is 5.71 Å². The second-order valence-electron chi connectivity index (χ2n) is 6.40. The number of benzene rings is 2. The molecule has 1 unspecified atom stereocenters. The molecule has 0 fully saturated rings. The highest BCUT2D eigenvalue weighted by atomic mass is 32.1. The third-order valence-electron chi connectivity index (χ3n) is 4.74. The van der Waals surface area contributed by atoms with E-state index in [1.165, 1.54) is 4.88 Å². The minimum atomic E-state index is 0.225. The van der Waals surface area contributed by atoms with E-state index in [1.54, 1.807) is 11.3 Å². The van der Waals surface area contributed by atoms with Gasteiger partial charge in [0.25, 0.3) is 0 Å². The molecule has 4 nitrogen and oxygen atoms in total. The molecule has 1 aliphatic heterocycles. The van der Waals surface area contributed by atoms with Gasteiger partial charge < -0.3 is 11.5 Å². The highest BCUT2D eigenvalue weighted by Crippen LogP contribution is 2.38. The fourth-order valence-electron chi connectivity index (χ4n) is 3.24. The maximum absolute atomic E-state index is 5.73. The van der Waals surface area contributed by atoms with E-state index in [9.17, 15) is 0 Å². The van der Waals surface area contributed by atoms with Gasteiger partial charge in [0.2, 0.25) is 0 Å². The predicted octanol–water partition coefficient (Wildman–Crippen LogP) is 4.02. The molecule has 0 spiro atoms. The van der Waals surface area contributed by atoms with E-state index in [0.717, 1.165) is 34.5 Å². The first kappa shape index (κ1) is 17.0. The quantitative estimate of drug-likeness (QED) is 0.720. The average Bonchev–Trinajstić information content (AvgIpc) is 3.38. The van der Waals surface area contributed by atoms with Crippen LogP contribution in [0.1, 0.15) is 34.0 Å². The van der Waals surface area contributed by atoms with Gasteiger partial charge in [-0.2, -0.15) is 5.10 Å². The number of nitrogens with two attached hydrogens (primary N) is 2. The summed E-state index contributed by atoms with van der Waals surface area (Å²) in [7, 11) is 0. The Morgan fingerprint density at radius 1 is 0.923 bits per heavy atom. The van der Waals surface area contributed by atoms with Gasteiger partial charge in [-0.1, -0.05) is 42.5 Å². The molecule has 1 aromatic heterocycles. The van der Waals surface area contributed by atoms with Crippen LogP contribution in [0.5, 0.6) is 0 Å². The zero-order valence-electron chi connectivity index (χ0n) is 14.5. The van der Waals surface area contributed by atoms with Gasteiger partial charge in [0.1, 0.15) is 0 Å². The van der Waals surface area contributed by atoms with Gasteiger partial charge >= 0.3 is 0 Å². The average molecular weight is 363 g/mol. The molecule has 3 aromatic rings. The third-order valence-corrected chi connectivity index (χ3v) is 5.71. The summed E-state index contributed by atoms with van der Waals surface area (Å²) in [6.07, 6.45) is 0.890.